The molecule has 2 saturated heterocycles. The molecule has 0 saturated carbocycles. The Hall–Kier alpha value is -1.03. The second-order valence-corrected chi connectivity index (χ2v) is 12.5. The number of phosphoric acid groups is 3. The fourth-order valence-corrected chi connectivity index (χ4v) is 6.67. The Kier molecular flexibility index (Phi) is 9.67. The summed E-state index contributed by atoms with van der Waals surface area (Å²) in [6, 6.07) is 0. The molecule has 0 bridgehead atoms. The molecule has 2 fully saturated rings. The molecule has 1 aromatic heterocycles. The van der Waals surface area contributed by atoms with Crippen LogP contribution in [0.4, 0.5) is 0 Å². The predicted octanol–water partition coefficient (Wildman–Crippen LogP) is 0.430. The Morgan fingerprint density at radius 1 is 1.08 bits per heavy atom. The van der Waals surface area contributed by atoms with Gasteiger partial charge in [-0.1, -0.05) is 0 Å². The van der Waals surface area contributed by atoms with Crippen molar-refractivity contribution in [2.45, 2.75) is 57.1 Å². The summed E-state index contributed by atoms with van der Waals surface area (Å²) in [5.74, 6) is 0. The van der Waals surface area contributed by atoms with Crippen molar-refractivity contribution in [2.24, 2.45) is 0 Å². The highest BCUT2D eigenvalue weighted by atomic mass is 31.3. The van der Waals surface area contributed by atoms with Gasteiger partial charge in [0.1, 0.15) is 12.3 Å². The number of phosphoric ester groups is 1. The maximum atomic E-state index is 12.3. The van der Waals surface area contributed by atoms with E-state index in [9.17, 15) is 33.1 Å². The van der Waals surface area contributed by atoms with Gasteiger partial charge in [-0.25, -0.2) is 18.5 Å². The standard InChI is InChI=1S/C16H27N2O15P3/c1-10-7-18(16(20)17-15(10)19)14-6-12(29-8-11-4-2-3-5-28-11)13(31-14)9-30-35(24,25)33-36(26,27)32-34(21,22)23/h7,11-14H,2-6,8-9H2,1H3,(H,24,25)(H,26,27)(H,17,19,20)(H2,21,22,23)/t11?,12?,13?,14-/m1/s1. The molecule has 6 atom stereocenters. The number of hydrogen-bond acceptors (Lipinski definition) is 11. The quantitative estimate of drug-likeness (QED) is 0.223. The average Bonchev–Trinajstić information content (AvgIpc) is 3.14. The van der Waals surface area contributed by atoms with Crippen LogP contribution in [0.2, 0.25) is 0 Å². The fourth-order valence-electron chi connectivity index (χ4n) is 3.64. The van der Waals surface area contributed by atoms with Crippen LogP contribution in [-0.2, 0) is 41.1 Å². The minimum atomic E-state index is -5.69. The van der Waals surface area contributed by atoms with Gasteiger partial charge in [-0.2, -0.15) is 8.62 Å². The van der Waals surface area contributed by atoms with Gasteiger partial charge < -0.3 is 33.8 Å². The second-order valence-electron chi connectivity index (χ2n) is 8.09. The fraction of sp³-hybridized carbons (Fsp3) is 0.750. The number of rotatable bonds is 11. The van der Waals surface area contributed by atoms with Crippen molar-refractivity contribution in [3.63, 3.8) is 0 Å². The normalized spacial score (nSPS) is 28.5. The van der Waals surface area contributed by atoms with Crippen molar-refractivity contribution in [3.05, 3.63) is 32.6 Å². The Morgan fingerprint density at radius 2 is 1.81 bits per heavy atom. The van der Waals surface area contributed by atoms with Crippen molar-refractivity contribution < 1.29 is 60.6 Å². The van der Waals surface area contributed by atoms with Gasteiger partial charge in [-0.15, -0.1) is 0 Å². The first-order valence-electron chi connectivity index (χ1n) is 10.6. The minimum absolute atomic E-state index is 0.0581. The van der Waals surface area contributed by atoms with Crippen molar-refractivity contribution in [3.8, 4) is 0 Å². The number of H-pyrrole nitrogens is 1. The molecule has 1 aromatic rings. The lowest BCUT2D eigenvalue weighted by Crippen LogP contribution is -2.33. The SMILES string of the molecule is Cc1cn([C@H]2CC(OCC3CCCCO3)C(COP(=O)(O)OP(=O)(O)OP(=O)(O)O)O2)c(=O)[nH]c1=O. The van der Waals surface area contributed by atoms with E-state index in [1.165, 1.54) is 13.1 Å². The van der Waals surface area contributed by atoms with Crippen LogP contribution < -0.4 is 11.2 Å². The lowest BCUT2D eigenvalue weighted by Gasteiger charge is -2.25. The van der Waals surface area contributed by atoms with E-state index >= 15 is 0 Å². The zero-order valence-corrected chi connectivity index (χ0v) is 21.6. The Bertz CT molecular complexity index is 1170. The predicted molar refractivity (Wildman–Crippen MR) is 118 cm³/mol. The van der Waals surface area contributed by atoms with Gasteiger partial charge in [0.15, 0.2) is 0 Å². The van der Waals surface area contributed by atoms with Crippen LogP contribution in [0.25, 0.3) is 0 Å². The van der Waals surface area contributed by atoms with Crippen molar-refractivity contribution in [1.29, 1.82) is 0 Å². The molecule has 3 heterocycles. The van der Waals surface area contributed by atoms with Gasteiger partial charge >= 0.3 is 29.2 Å². The van der Waals surface area contributed by atoms with E-state index in [2.05, 4.69) is 18.1 Å². The summed E-state index contributed by atoms with van der Waals surface area (Å²) in [7, 11) is -16.6. The molecule has 36 heavy (non-hydrogen) atoms. The topological polar surface area (TPSA) is 242 Å². The van der Waals surface area contributed by atoms with Gasteiger partial charge in [-0.3, -0.25) is 18.9 Å². The number of aryl methyl sites for hydroxylation is 1. The van der Waals surface area contributed by atoms with Crippen LogP contribution in [-0.4, -0.2) is 67.3 Å². The molecular weight excluding hydrogens is 553 g/mol. The van der Waals surface area contributed by atoms with E-state index in [1.54, 1.807) is 0 Å². The summed E-state index contributed by atoms with van der Waals surface area (Å²) in [6.07, 6.45) is 0.855. The summed E-state index contributed by atoms with van der Waals surface area (Å²) >= 11 is 0. The monoisotopic (exact) mass is 580 g/mol. The molecule has 0 aromatic carbocycles. The number of aromatic amines is 1. The largest absolute Gasteiger partial charge is 0.490 e. The van der Waals surface area contributed by atoms with Crippen LogP contribution in [0.3, 0.4) is 0 Å². The maximum absolute atomic E-state index is 12.3. The van der Waals surface area contributed by atoms with Crippen LogP contribution in [0.5, 0.6) is 0 Å². The van der Waals surface area contributed by atoms with Gasteiger partial charge in [0, 0.05) is 24.8 Å². The summed E-state index contributed by atoms with van der Waals surface area (Å²) < 4.78 is 64.8. The highest BCUT2D eigenvalue weighted by Gasteiger charge is 2.43. The third-order valence-electron chi connectivity index (χ3n) is 5.22. The highest BCUT2D eigenvalue weighted by molar-refractivity contribution is 7.66. The Balaban J connectivity index is 1.71. The van der Waals surface area contributed by atoms with E-state index in [-0.39, 0.29) is 24.7 Å². The number of ether oxygens (including phenoxy) is 3. The lowest BCUT2D eigenvalue weighted by atomic mass is 10.1. The summed E-state index contributed by atoms with van der Waals surface area (Å²) in [5, 5.41) is 0. The molecule has 0 aliphatic carbocycles. The second kappa shape index (κ2) is 11.8. The van der Waals surface area contributed by atoms with Crippen molar-refractivity contribution in [1.82, 2.24) is 9.55 Å². The Morgan fingerprint density at radius 3 is 2.44 bits per heavy atom. The van der Waals surface area contributed by atoms with Crippen molar-refractivity contribution >= 4 is 23.5 Å². The molecule has 5 N–H and O–H groups in total. The van der Waals surface area contributed by atoms with Gasteiger partial charge in [0.05, 0.1) is 25.4 Å². The molecule has 0 spiro atoms. The number of nitrogens with one attached hydrogen (secondary N) is 1. The van der Waals surface area contributed by atoms with E-state index in [4.69, 9.17) is 24.0 Å². The highest BCUT2D eigenvalue weighted by Crippen LogP contribution is 2.66. The summed E-state index contributed by atoms with van der Waals surface area (Å²) in [4.78, 5) is 62.4. The van der Waals surface area contributed by atoms with E-state index in [0.717, 1.165) is 23.8 Å². The third-order valence-corrected chi connectivity index (χ3v) is 9.03. The number of nitrogens with zero attached hydrogens (tertiary/aromatic N) is 1. The van der Waals surface area contributed by atoms with Gasteiger partial charge in [0.25, 0.3) is 5.56 Å². The molecular formula is C16H27N2O15P3. The molecule has 5 unspecified atom stereocenters. The third kappa shape index (κ3) is 8.77. The van der Waals surface area contributed by atoms with Crippen molar-refractivity contribution in [2.75, 3.05) is 19.8 Å². The van der Waals surface area contributed by atoms with E-state index in [1.807, 2.05) is 0 Å². The van der Waals surface area contributed by atoms with Gasteiger partial charge in [0.2, 0.25) is 0 Å². The molecule has 3 rings (SSSR count). The average molecular weight is 580 g/mol. The molecule has 17 nitrogen and oxygen atoms in total. The lowest BCUT2D eigenvalue weighted by molar-refractivity contribution is -0.0925. The Labute approximate surface area is 203 Å². The zero-order valence-electron chi connectivity index (χ0n) is 18.9. The molecule has 2 aliphatic rings. The summed E-state index contributed by atoms with van der Waals surface area (Å²) in [5.41, 5.74) is -1.12. The molecule has 20 heteroatoms. The van der Waals surface area contributed by atoms with Gasteiger partial charge in [-0.05, 0) is 26.2 Å². The van der Waals surface area contributed by atoms with E-state index < -0.39 is 59.8 Å². The van der Waals surface area contributed by atoms with Crippen LogP contribution in [0.15, 0.2) is 15.8 Å². The number of hydrogen-bond donors (Lipinski definition) is 5. The van der Waals surface area contributed by atoms with E-state index in [0.29, 0.717) is 6.61 Å². The summed E-state index contributed by atoms with van der Waals surface area (Å²) in [6.45, 7) is 1.43. The van der Waals surface area contributed by atoms with Crippen LogP contribution in [0.1, 0.15) is 37.5 Å². The maximum Gasteiger partial charge on any atom is 0.490 e. The van der Waals surface area contributed by atoms with Crippen LogP contribution in [0, 0.1) is 6.92 Å². The molecule has 2 aliphatic heterocycles. The molecule has 206 valence electrons. The first-order chi connectivity index (χ1) is 16.6. The first-order valence-corrected chi connectivity index (χ1v) is 15.2. The van der Waals surface area contributed by atoms with Crippen LogP contribution >= 0.6 is 23.5 Å². The molecule has 0 amide bonds. The first kappa shape index (κ1) is 29.5. The zero-order chi connectivity index (χ0) is 26.7. The molecule has 0 radical (unpaired) electrons. The number of aromatic nitrogens is 2. The minimum Gasteiger partial charge on any atom is -0.376 e. The smallest absolute Gasteiger partial charge is 0.376 e.